The Kier molecular flexibility index (Phi) is 17.3. The van der Waals surface area contributed by atoms with Crippen LogP contribution in [0.2, 0.25) is 0 Å². The third kappa shape index (κ3) is 13.7. The van der Waals surface area contributed by atoms with Gasteiger partial charge in [0.25, 0.3) is 0 Å². The van der Waals surface area contributed by atoms with Crippen LogP contribution in [0.3, 0.4) is 0 Å². The van der Waals surface area contributed by atoms with Crippen molar-refractivity contribution in [3.63, 3.8) is 0 Å². The zero-order valence-electron chi connectivity index (χ0n) is 23.8. The number of amides is 5. The number of hydrogen-bond acceptors (Lipinski definition) is 11. The minimum absolute atomic E-state index is 0.305. The van der Waals surface area contributed by atoms with Crippen LogP contribution in [-0.2, 0) is 28.8 Å². The molecule has 0 heterocycles. The average Bonchev–Trinajstić information content (AvgIpc) is 2.89. The molecule has 0 spiro atoms. The lowest BCUT2D eigenvalue weighted by molar-refractivity contribution is -0.144. The number of unbranched alkanes of at least 4 members (excludes halogenated alkanes) is 1. The van der Waals surface area contributed by atoms with Crippen LogP contribution in [-0.4, -0.2) is 118 Å². The van der Waals surface area contributed by atoms with Crippen LogP contribution >= 0.6 is 0 Å². The first kappa shape index (κ1) is 37.6. The van der Waals surface area contributed by atoms with Gasteiger partial charge >= 0.3 is 5.97 Å². The van der Waals surface area contributed by atoms with E-state index in [-0.39, 0.29) is 0 Å². The van der Waals surface area contributed by atoms with E-state index in [2.05, 4.69) is 26.6 Å². The lowest BCUT2D eigenvalue weighted by Gasteiger charge is -2.26. The summed E-state index contributed by atoms with van der Waals surface area (Å²) in [5, 5.41) is 49.8. The SMILES string of the molecule is CC(C)[C@H](NC(=O)[C@@H](NC(=O)[C@H](CO)NC(=O)CNC(=O)[C@@H](NC(=O)[C@@H](N)CCCCN)[C@@H](C)O)[C@@H](C)O)C(=O)O. The van der Waals surface area contributed by atoms with Crippen LogP contribution in [0, 0.1) is 5.92 Å². The van der Waals surface area contributed by atoms with Crippen LogP contribution in [0.5, 0.6) is 0 Å². The maximum atomic E-state index is 12.6. The van der Waals surface area contributed by atoms with Crippen LogP contribution in [0.4, 0.5) is 0 Å². The molecular formula is C24H45N7O10. The highest BCUT2D eigenvalue weighted by atomic mass is 16.4. The van der Waals surface area contributed by atoms with Crippen molar-refractivity contribution in [3.05, 3.63) is 0 Å². The van der Waals surface area contributed by atoms with E-state index in [1.807, 2.05) is 0 Å². The quantitative estimate of drug-likeness (QED) is 0.0629. The third-order valence-corrected chi connectivity index (χ3v) is 5.92. The van der Waals surface area contributed by atoms with Gasteiger partial charge in [0.15, 0.2) is 0 Å². The predicted molar refractivity (Wildman–Crippen MR) is 145 cm³/mol. The van der Waals surface area contributed by atoms with Crippen LogP contribution < -0.4 is 38.1 Å². The van der Waals surface area contributed by atoms with Crippen molar-refractivity contribution in [1.29, 1.82) is 0 Å². The molecule has 0 aliphatic rings. The van der Waals surface area contributed by atoms with Crippen molar-refractivity contribution in [3.8, 4) is 0 Å². The first-order valence-corrected chi connectivity index (χ1v) is 13.2. The van der Waals surface area contributed by atoms with E-state index in [0.29, 0.717) is 25.8 Å². The molecule has 0 aromatic heterocycles. The van der Waals surface area contributed by atoms with Crippen molar-refractivity contribution >= 4 is 35.5 Å². The highest BCUT2D eigenvalue weighted by Crippen LogP contribution is 2.04. The van der Waals surface area contributed by atoms with Crippen molar-refractivity contribution in [2.45, 2.75) is 89.4 Å². The molecule has 0 aliphatic heterocycles. The van der Waals surface area contributed by atoms with E-state index in [9.17, 15) is 49.2 Å². The van der Waals surface area contributed by atoms with Gasteiger partial charge in [-0.05, 0) is 39.2 Å². The molecule has 0 aromatic carbocycles. The third-order valence-electron chi connectivity index (χ3n) is 5.92. The number of carbonyl (C=O) groups is 6. The van der Waals surface area contributed by atoms with Gasteiger partial charge in [0.1, 0.15) is 24.2 Å². The second-order valence-corrected chi connectivity index (χ2v) is 9.93. The molecule has 13 N–H and O–H groups in total. The molecule has 17 heteroatoms. The Labute approximate surface area is 238 Å². The van der Waals surface area contributed by atoms with Crippen molar-refractivity contribution in [2.24, 2.45) is 17.4 Å². The Bertz CT molecular complexity index is 900. The molecule has 0 aliphatic carbocycles. The molecule has 0 saturated carbocycles. The molecule has 0 bridgehead atoms. The van der Waals surface area contributed by atoms with Crippen LogP contribution in [0.25, 0.3) is 0 Å². The van der Waals surface area contributed by atoms with E-state index >= 15 is 0 Å². The lowest BCUT2D eigenvalue weighted by atomic mass is 10.0. The number of aliphatic hydroxyl groups excluding tert-OH is 3. The Balaban J connectivity index is 5.14. The van der Waals surface area contributed by atoms with Gasteiger partial charge in [-0.1, -0.05) is 20.3 Å². The zero-order valence-corrected chi connectivity index (χ0v) is 23.8. The second kappa shape index (κ2) is 18.9. The van der Waals surface area contributed by atoms with E-state index in [1.165, 1.54) is 13.8 Å². The summed E-state index contributed by atoms with van der Waals surface area (Å²) in [5.41, 5.74) is 11.2. The number of aliphatic carboxylic acids is 1. The van der Waals surface area contributed by atoms with E-state index < -0.39 is 97.0 Å². The molecule has 17 nitrogen and oxygen atoms in total. The summed E-state index contributed by atoms with van der Waals surface area (Å²) in [6, 6.07) is -6.94. The summed E-state index contributed by atoms with van der Waals surface area (Å²) in [5.74, 6) is -6.49. The number of nitrogens with two attached hydrogens (primary N) is 2. The van der Waals surface area contributed by atoms with Gasteiger partial charge < -0.3 is 58.5 Å². The first-order valence-electron chi connectivity index (χ1n) is 13.2. The fourth-order valence-corrected chi connectivity index (χ4v) is 3.44. The highest BCUT2D eigenvalue weighted by molar-refractivity contribution is 5.95. The Morgan fingerprint density at radius 3 is 1.71 bits per heavy atom. The van der Waals surface area contributed by atoms with Gasteiger partial charge in [0, 0.05) is 0 Å². The smallest absolute Gasteiger partial charge is 0.326 e. The average molecular weight is 592 g/mol. The molecule has 0 fully saturated rings. The summed E-state index contributed by atoms with van der Waals surface area (Å²) in [6.07, 6.45) is -1.29. The van der Waals surface area contributed by atoms with E-state index in [0.717, 1.165) is 0 Å². The molecule has 236 valence electrons. The van der Waals surface area contributed by atoms with E-state index in [4.69, 9.17) is 11.5 Å². The number of carbonyl (C=O) groups excluding carboxylic acids is 5. The summed E-state index contributed by atoms with van der Waals surface area (Å²) < 4.78 is 0. The number of aliphatic hydroxyl groups is 3. The Morgan fingerprint density at radius 2 is 1.24 bits per heavy atom. The van der Waals surface area contributed by atoms with Gasteiger partial charge in [-0.15, -0.1) is 0 Å². The van der Waals surface area contributed by atoms with Gasteiger partial charge in [-0.25, -0.2) is 4.79 Å². The van der Waals surface area contributed by atoms with Gasteiger partial charge in [-0.3, -0.25) is 24.0 Å². The maximum Gasteiger partial charge on any atom is 0.326 e. The molecule has 0 saturated heterocycles. The standard InChI is InChI=1S/C24H45N7O10/c1-11(2)17(24(40)41)29-23(39)19(13(4)34)31-21(37)15(10-32)28-16(35)9-27-22(38)18(12(3)33)30-20(36)14(26)7-5-6-8-25/h11-15,17-19,32-34H,5-10,25-26H2,1-4H3,(H,27,38)(H,28,35)(H,29,39)(H,30,36)(H,31,37)(H,40,41)/t12-,13-,14+,15+,17+,18+,19+/m1/s1. The summed E-state index contributed by atoms with van der Waals surface area (Å²) in [6.45, 7) is 4.27. The predicted octanol–water partition coefficient (Wildman–Crippen LogP) is -5.01. The van der Waals surface area contributed by atoms with Crippen LogP contribution in [0.1, 0.15) is 47.0 Å². The number of hydrogen-bond donors (Lipinski definition) is 11. The molecule has 0 aromatic rings. The molecule has 0 rings (SSSR count). The van der Waals surface area contributed by atoms with Gasteiger partial charge in [0.05, 0.1) is 31.4 Å². The normalized spacial score (nSPS) is 16.2. The number of carboxylic acids is 1. The summed E-state index contributed by atoms with van der Waals surface area (Å²) in [4.78, 5) is 73.7. The fourth-order valence-electron chi connectivity index (χ4n) is 3.44. The summed E-state index contributed by atoms with van der Waals surface area (Å²) in [7, 11) is 0. The summed E-state index contributed by atoms with van der Waals surface area (Å²) >= 11 is 0. The topological polar surface area (TPSA) is 296 Å². The number of carboxylic acid groups (broad SMARTS) is 1. The maximum absolute atomic E-state index is 12.6. The minimum Gasteiger partial charge on any atom is -0.480 e. The lowest BCUT2D eigenvalue weighted by Crippen LogP contribution is -2.61. The molecular weight excluding hydrogens is 546 g/mol. The number of nitrogens with one attached hydrogen (secondary N) is 5. The highest BCUT2D eigenvalue weighted by Gasteiger charge is 2.33. The minimum atomic E-state index is -1.62. The zero-order chi connectivity index (χ0) is 31.9. The largest absolute Gasteiger partial charge is 0.480 e. The first-order chi connectivity index (χ1) is 19.1. The molecule has 0 radical (unpaired) electrons. The van der Waals surface area contributed by atoms with Crippen molar-refractivity contribution in [1.82, 2.24) is 26.6 Å². The van der Waals surface area contributed by atoms with Crippen LogP contribution in [0.15, 0.2) is 0 Å². The second-order valence-electron chi connectivity index (χ2n) is 9.93. The molecule has 0 unspecified atom stereocenters. The van der Waals surface area contributed by atoms with Crippen molar-refractivity contribution in [2.75, 3.05) is 19.7 Å². The molecule has 5 amide bonds. The fraction of sp³-hybridized carbons (Fsp3) is 0.750. The molecule has 7 atom stereocenters. The Morgan fingerprint density at radius 1 is 0.732 bits per heavy atom. The van der Waals surface area contributed by atoms with Crippen molar-refractivity contribution < 1.29 is 49.2 Å². The van der Waals surface area contributed by atoms with Gasteiger partial charge in [0.2, 0.25) is 29.5 Å². The Hall–Kier alpha value is -3.38. The number of rotatable bonds is 19. The van der Waals surface area contributed by atoms with Gasteiger partial charge in [-0.2, -0.15) is 0 Å². The monoisotopic (exact) mass is 591 g/mol. The van der Waals surface area contributed by atoms with E-state index in [1.54, 1.807) is 13.8 Å². The molecule has 41 heavy (non-hydrogen) atoms.